The molecule has 10 heteroatoms. The van der Waals surface area contributed by atoms with Crippen LogP contribution in [0.1, 0.15) is 6.92 Å². The smallest absolute Gasteiger partial charge is 0.267 e. The monoisotopic (exact) mass is 412 g/mol. The minimum absolute atomic E-state index is 0.0799. The Hall–Kier alpha value is -0.960. The topological polar surface area (TPSA) is 90.0 Å². The van der Waals surface area contributed by atoms with Crippen LogP contribution in [0.5, 0.6) is 0 Å². The van der Waals surface area contributed by atoms with Crippen molar-refractivity contribution in [3.63, 3.8) is 0 Å². The molecule has 21 heavy (non-hydrogen) atoms. The van der Waals surface area contributed by atoms with E-state index in [1.165, 1.54) is 16.9 Å². The van der Waals surface area contributed by atoms with Crippen LogP contribution in [-0.4, -0.2) is 18.2 Å². The molecule has 0 aliphatic carbocycles. The molecule has 0 radical (unpaired) electrons. The minimum Gasteiger partial charge on any atom is -0.381 e. The molecule has 0 spiro atoms. The molecule has 0 amide bonds. The van der Waals surface area contributed by atoms with Crippen LogP contribution in [0.25, 0.3) is 0 Å². The van der Waals surface area contributed by atoms with E-state index in [-0.39, 0.29) is 26.4 Å². The number of benzene rings is 1. The van der Waals surface area contributed by atoms with Crippen molar-refractivity contribution in [2.75, 3.05) is 10.5 Å². The summed E-state index contributed by atoms with van der Waals surface area (Å²) in [5.74, 6) is -0.0799. The Bertz CT molecular complexity index is 792. The first kappa shape index (κ1) is 16.4. The zero-order chi connectivity index (χ0) is 15.8. The third kappa shape index (κ3) is 3.28. The molecule has 1 aromatic heterocycles. The summed E-state index contributed by atoms with van der Waals surface area (Å²) in [6, 6.07) is 3.08. The SMILES string of the molecule is CCn1cc(S(=O)(=O)Nc2ccc(Br)c(Cl)c2Cl)c(N)n1. The number of halogens is 3. The van der Waals surface area contributed by atoms with Gasteiger partial charge in [-0.25, -0.2) is 8.42 Å². The normalized spacial score (nSPS) is 11.6. The molecule has 114 valence electrons. The Morgan fingerprint density at radius 1 is 1.38 bits per heavy atom. The Morgan fingerprint density at radius 2 is 2.05 bits per heavy atom. The molecule has 0 aliphatic heterocycles. The van der Waals surface area contributed by atoms with Gasteiger partial charge in [-0.15, -0.1) is 0 Å². The Balaban J connectivity index is 2.42. The van der Waals surface area contributed by atoms with Crippen LogP contribution in [-0.2, 0) is 16.6 Å². The Labute approximate surface area is 140 Å². The summed E-state index contributed by atoms with van der Waals surface area (Å²) >= 11 is 15.2. The Morgan fingerprint density at radius 3 is 2.62 bits per heavy atom. The van der Waals surface area contributed by atoms with Crippen molar-refractivity contribution < 1.29 is 8.42 Å². The highest BCUT2D eigenvalue weighted by atomic mass is 79.9. The van der Waals surface area contributed by atoms with E-state index in [2.05, 4.69) is 25.8 Å². The first-order chi connectivity index (χ1) is 9.76. The van der Waals surface area contributed by atoms with Crippen molar-refractivity contribution in [1.29, 1.82) is 0 Å². The van der Waals surface area contributed by atoms with Gasteiger partial charge < -0.3 is 5.73 Å². The Kier molecular flexibility index (Phi) is 4.72. The van der Waals surface area contributed by atoms with Gasteiger partial charge >= 0.3 is 0 Å². The van der Waals surface area contributed by atoms with E-state index in [4.69, 9.17) is 28.9 Å². The lowest BCUT2D eigenvalue weighted by atomic mass is 10.3. The molecule has 1 aromatic carbocycles. The summed E-state index contributed by atoms with van der Waals surface area (Å²) in [6.45, 7) is 2.33. The van der Waals surface area contributed by atoms with Crippen LogP contribution in [0.15, 0.2) is 27.7 Å². The highest BCUT2D eigenvalue weighted by molar-refractivity contribution is 9.10. The molecular weight excluding hydrogens is 403 g/mol. The lowest BCUT2D eigenvalue weighted by molar-refractivity contribution is 0.600. The zero-order valence-electron chi connectivity index (χ0n) is 10.8. The number of hydrogen-bond acceptors (Lipinski definition) is 4. The van der Waals surface area contributed by atoms with Gasteiger partial charge in [0.2, 0.25) is 0 Å². The number of aromatic nitrogens is 2. The number of aryl methyl sites for hydroxylation is 1. The third-order valence-electron chi connectivity index (χ3n) is 2.65. The zero-order valence-corrected chi connectivity index (χ0v) is 14.7. The molecule has 1 heterocycles. The van der Waals surface area contributed by atoms with Crippen molar-refractivity contribution in [3.05, 3.63) is 32.8 Å². The van der Waals surface area contributed by atoms with E-state index in [1.807, 2.05) is 6.92 Å². The average Bonchev–Trinajstić information content (AvgIpc) is 2.81. The molecular formula is C11H11BrCl2N4O2S. The van der Waals surface area contributed by atoms with Gasteiger partial charge in [0.15, 0.2) is 5.82 Å². The summed E-state index contributed by atoms with van der Waals surface area (Å²) in [6.07, 6.45) is 1.35. The van der Waals surface area contributed by atoms with Gasteiger partial charge in [0.05, 0.1) is 15.7 Å². The number of sulfonamides is 1. The van der Waals surface area contributed by atoms with Gasteiger partial charge in [0, 0.05) is 17.2 Å². The lowest BCUT2D eigenvalue weighted by Crippen LogP contribution is -2.14. The molecule has 0 unspecified atom stereocenters. The number of rotatable bonds is 4. The second kappa shape index (κ2) is 6.04. The molecule has 2 rings (SSSR count). The van der Waals surface area contributed by atoms with Crippen LogP contribution < -0.4 is 10.5 Å². The first-order valence-corrected chi connectivity index (χ1v) is 8.78. The predicted octanol–water partition coefficient (Wildman–Crippen LogP) is 3.36. The third-order valence-corrected chi connectivity index (χ3v) is 5.80. The van der Waals surface area contributed by atoms with Crippen molar-refractivity contribution in [1.82, 2.24) is 9.78 Å². The van der Waals surface area contributed by atoms with Gasteiger partial charge in [0.1, 0.15) is 4.90 Å². The quantitative estimate of drug-likeness (QED) is 0.752. The van der Waals surface area contributed by atoms with Crippen LogP contribution in [0.3, 0.4) is 0 Å². The lowest BCUT2D eigenvalue weighted by Gasteiger charge is -2.10. The molecule has 0 saturated carbocycles. The highest BCUT2D eigenvalue weighted by Gasteiger charge is 2.23. The molecule has 0 fully saturated rings. The molecule has 6 nitrogen and oxygen atoms in total. The summed E-state index contributed by atoms with van der Waals surface area (Å²) in [7, 11) is -3.90. The number of anilines is 2. The summed E-state index contributed by atoms with van der Waals surface area (Å²) < 4.78 is 29.0. The molecule has 3 N–H and O–H groups in total. The van der Waals surface area contributed by atoms with E-state index >= 15 is 0 Å². The van der Waals surface area contributed by atoms with Gasteiger partial charge in [-0.2, -0.15) is 5.10 Å². The second-order valence-corrected chi connectivity index (χ2v) is 7.32. The summed E-state index contributed by atoms with van der Waals surface area (Å²) in [5.41, 5.74) is 5.79. The fraction of sp³-hybridized carbons (Fsp3) is 0.182. The van der Waals surface area contributed by atoms with Gasteiger partial charge in [-0.3, -0.25) is 9.40 Å². The maximum Gasteiger partial charge on any atom is 0.267 e. The van der Waals surface area contributed by atoms with Crippen molar-refractivity contribution in [2.24, 2.45) is 0 Å². The summed E-state index contributed by atoms with van der Waals surface area (Å²) in [4.78, 5) is -0.112. The standard InChI is InChI=1S/C11H11BrCl2N4O2S/c1-2-18-5-8(11(15)16-18)21(19,20)17-7-4-3-6(12)9(13)10(7)14/h3-5,17H,2H2,1H3,(H2,15,16). The van der Waals surface area contributed by atoms with Crippen LogP contribution in [0.2, 0.25) is 10.0 Å². The fourth-order valence-corrected chi connectivity index (χ4v) is 3.62. The maximum absolute atomic E-state index is 12.3. The van der Waals surface area contributed by atoms with Crippen molar-refractivity contribution >= 4 is 60.7 Å². The van der Waals surface area contributed by atoms with E-state index < -0.39 is 10.0 Å². The summed E-state index contributed by atoms with van der Waals surface area (Å²) in [5, 5.41) is 4.21. The first-order valence-electron chi connectivity index (χ1n) is 5.75. The van der Waals surface area contributed by atoms with E-state index in [9.17, 15) is 8.42 Å². The van der Waals surface area contributed by atoms with Crippen LogP contribution >= 0.6 is 39.1 Å². The van der Waals surface area contributed by atoms with E-state index in [0.717, 1.165) is 0 Å². The van der Waals surface area contributed by atoms with Crippen molar-refractivity contribution in [3.8, 4) is 0 Å². The largest absolute Gasteiger partial charge is 0.381 e. The molecule has 0 saturated heterocycles. The van der Waals surface area contributed by atoms with E-state index in [0.29, 0.717) is 11.0 Å². The average molecular weight is 414 g/mol. The number of nitrogens with one attached hydrogen (secondary N) is 1. The van der Waals surface area contributed by atoms with Crippen LogP contribution in [0.4, 0.5) is 11.5 Å². The number of nitrogen functional groups attached to an aromatic ring is 1. The van der Waals surface area contributed by atoms with E-state index in [1.54, 1.807) is 6.07 Å². The number of nitrogens with zero attached hydrogens (tertiary/aromatic N) is 2. The fourth-order valence-electron chi connectivity index (χ4n) is 1.59. The molecule has 2 aromatic rings. The molecule has 0 aliphatic rings. The molecule has 0 atom stereocenters. The maximum atomic E-state index is 12.3. The van der Waals surface area contributed by atoms with Gasteiger partial charge in [-0.1, -0.05) is 23.2 Å². The van der Waals surface area contributed by atoms with Gasteiger partial charge in [0.25, 0.3) is 10.0 Å². The minimum atomic E-state index is -3.90. The number of hydrogen-bond donors (Lipinski definition) is 2. The predicted molar refractivity (Wildman–Crippen MR) is 87.3 cm³/mol. The number of nitrogens with two attached hydrogens (primary N) is 1. The van der Waals surface area contributed by atoms with Crippen molar-refractivity contribution in [2.45, 2.75) is 18.4 Å². The van der Waals surface area contributed by atoms with Crippen LogP contribution in [0, 0.1) is 0 Å². The van der Waals surface area contributed by atoms with Gasteiger partial charge in [-0.05, 0) is 35.0 Å². The molecule has 0 bridgehead atoms. The highest BCUT2D eigenvalue weighted by Crippen LogP contribution is 2.36. The second-order valence-electron chi connectivity index (χ2n) is 4.06.